The van der Waals surface area contributed by atoms with Crippen LogP contribution in [-0.2, 0) is 4.79 Å². The summed E-state index contributed by atoms with van der Waals surface area (Å²) in [4.78, 5) is 35.1. The second-order valence-electron chi connectivity index (χ2n) is 11.1. The highest BCUT2D eigenvalue weighted by molar-refractivity contribution is 5.94. The Bertz CT molecular complexity index is 996. The summed E-state index contributed by atoms with van der Waals surface area (Å²) < 4.78 is 0. The van der Waals surface area contributed by atoms with E-state index in [4.69, 9.17) is 0 Å². The standard InChI is InChI=1S/C31H44N4O2/c1-32(2)30(37)31(35-20-11-6-12-21-35)18-23-34(24-19-31)22-17-28(26-13-7-4-8-14-26)25-33(3)29(36)27-15-9-5-10-16-27/h4-5,7-10,13-16,28H,6,11-12,17-25H2,1-3H3/t28-/m1/s1. The lowest BCUT2D eigenvalue weighted by Crippen LogP contribution is -2.64. The molecule has 0 radical (unpaired) electrons. The average Bonchev–Trinajstić information content (AvgIpc) is 2.96. The summed E-state index contributed by atoms with van der Waals surface area (Å²) >= 11 is 0. The molecule has 2 aromatic carbocycles. The highest BCUT2D eigenvalue weighted by atomic mass is 16.2. The van der Waals surface area contributed by atoms with Crippen molar-refractivity contribution in [2.45, 2.75) is 50.0 Å². The topological polar surface area (TPSA) is 47.1 Å². The maximum absolute atomic E-state index is 13.4. The number of carbonyl (C=O) groups excluding carboxylic acids is 2. The van der Waals surface area contributed by atoms with E-state index in [-0.39, 0.29) is 23.3 Å². The average molecular weight is 505 g/mol. The van der Waals surface area contributed by atoms with Gasteiger partial charge in [-0.05, 0) is 69.4 Å². The Morgan fingerprint density at radius 1 is 0.838 bits per heavy atom. The van der Waals surface area contributed by atoms with Crippen LogP contribution in [0.2, 0.25) is 0 Å². The molecule has 2 aliphatic heterocycles. The van der Waals surface area contributed by atoms with E-state index >= 15 is 0 Å². The van der Waals surface area contributed by atoms with Crippen molar-refractivity contribution in [3.63, 3.8) is 0 Å². The molecule has 6 nitrogen and oxygen atoms in total. The van der Waals surface area contributed by atoms with Crippen molar-refractivity contribution < 1.29 is 9.59 Å². The lowest BCUT2D eigenvalue weighted by atomic mass is 9.82. The van der Waals surface area contributed by atoms with Crippen LogP contribution in [0.4, 0.5) is 0 Å². The van der Waals surface area contributed by atoms with Gasteiger partial charge in [-0.1, -0.05) is 55.0 Å². The smallest absolute Gasteiger partial charge is 0.253 e. The Kier molecular flexibility index (Phi) is 9.38. The molecular formula is C31H44N4O2. The number of likely N-dealkylation sites (tertiary alicyclic amines) is 2. The Balaban J connectivity index is 1.40. The molecule has 2 aromatic rings. The minimum Gasteiger partial charge on any atom is -0.347 e. The molecule has 0 unspecified atom stereocenters. The van der Waals surface area contributed by atoms with Crippen molar-refractivity contribution in [2.24, 2.45) is 0 Å². The Morgan fingerprint density at radius 3 is 2.03 bits per heavy atom. The second kappa shape index (κ2) is 12.7. The van der Waals surface area contributed by atoms with Gasteiger partial charge in [0.25, 0.3) is 5.91 Å². The summed E-state index contributed by atoms with van der Waals surface area (Å²) in [6.07, 6.45) is 6.44. The van der Waals surface area contributed by atoms with Gasteiger partial charge >= 0.3 is 0 Å². The zero-order valence-electron chi connectivity index (χ0n) is 22.9. The van der Waals surface area contributed by atoms with Crippen molar-refractivity contribution in [2.75, 3.05) is 60.4 Å². The first-order valence-corrected chi connectivity index (χ1v) is 14.0. The van der Waals surface area contributed by atoms with E-state index in [1.165, 1.54) is 24.8 Å². The number of piperidine rings is 2. The van der Waals surface area contributed by atoms with Crippen molar-refractivity contribution in [1.82, 2.24) is 19.6 Å². The lowest BCUT2D eigenvalue weighted by Gasteiger charge is -2.50. The molecule has 0 aromatic heterocycles. The number of hydrogen-bond donors (Lipinski definition) is 0. The fourth-order valence-electron chi connectivity index (χ4n) is 6.19. The minimum atomic E-state index is -0.346. The quantitative estimate of drug-likeness (QED) is 0.510. The molecule has 2 fully saturated rings. The third kappa shape index (κ3) is 6.60. The summed E-state index contributed by atoms with van der Waals surface area (Å²) in [7, 11) is 5.71. The van der Waals surface area contributed by atoms with Crippen LogP contribution >= 0.6 is 0 Å². The van der Waals surface area contributed by atoms with E-state index in [0.29, 0.717) is 6.54 Å². The normalized spacial score (nSPS) is 19.2. The zero-order chi connectivity index (χ0) is 26.3. The number of nitrogens with zero attached hydrogens (tertiary/aromatic N) is 4. The van der Waals surface area contributed by atoms with Gasteiger partial charge in [0.1, 0.15) is 5.54 Å². The lowest BCUT2D eigenvalue weighted by molar-refractivity contribution is -0.147. The molecule has 0 saturated carbocycles. The zero-order valence-corrected chi connectivity index (χ0v) is 22.9. The largest absolute Gasteiger partial charge is 0.347 e. The number of carbonyl (C=O) groups is 2. The molecule has 2 heterocycles. The molecule has 2 amide bonds. The highest BCUT2D eigenvalue weighted by Gasteiger charge is 2.47. The van der Waals surface area contributed by atoms with Crippen LogP contribution in [0, 0.1) is 0 Å². The molecule has 6 heteroatoms. The van der Waals surface area contributed by atoms with Gasteiger partial charge in [0.2, 0.25) is 5.91 Å². The van der Waals surface area contributed by atoms with Gasteiger partial charge in [-0.2, -0.15) is 0 Å². The molecule has 37 heavy (non-hydrogen) atoms. The predicted molar refractivity (Wildman–Crippen MR) is 150 cm³/mol. The van der Waals surface area contributed by atoms with Crippen molar-refractivity contribution in [3.05, 3.63) is 71.8 Å². The highest BCUT2D eigenvalue weighted by Crippen LogP contribution is 2.34. The molecule has 0 aliphatic carbocycles. The van der Waals surface area contributed by atoms with Crippen LogP contribution < -0.4 is 0 Å². The summed E-state index contributed by atoms with van der Waals surface area (Å²) in [5.74, 6) is 0.598. The van der Waals surface area contributed by atoms with Gasteiger partial charge in [-0.15, -0.1) is 0 Å². The SMILES string of the molecule is CN(C)C(=O)C1(N2CCCCC2)CCN(CC[C@H](CN(C)C(=O)c2ccccc2)c2ccccc2)CC1. The van der Waals surface area contributed by atoms with Gasteiger partial charge in [-0.3, -0.25) is 14.5 Å². The number of amides is 2. The van der Waals surface area contributed by atoms with Crippen LogP contribution in [0.3, 0.4) is 0 Å². The van der Waals surface area contributed by atoms with Crippen LogP contribution in [0.25, 0.3) is 0 Å². The molecule has 2 saturated heterocycles. The third-order valence-electron chi connectivity index (χ3n) is 8.38. The van der Waals surface area contributed by atoms with E-state index in [0.717, 1.165) is 57.5 Å². The van der Waals surface area contributed by atoms with E-state index in [1.807, 2.05) is 62.4 Å². The number of likely N-dealkylation sites (N-methyl/N-ethyl adjacent to an activating group) is 2. The molecule has 0 spiro atoms. The first-order valence-electron chi connectivity index (χ1n) is 14.0. The molecule has 1 atom stereocenters. The monoisotopic (exact) mass is 504 g/mol. The molecular weight excluding hydrogens is 460 g/mol. The summed E-state index contributed by atoms with van der Waals surface area (Å²) in [6, 6.07) is 20.1. The Morgan fingerprint density at radius 2 is 1.43 bits per heavy atom. The van der Waals surface area contributed by atoms with Gasteiger partial charge in [0, 0.05) is 52.3 Å². The van der Waals surface area contributed by atoms with Gasteiger partial charge in [0.05, 0.1) is 0 Å². The second-order valence-corrected chi connectivity index (χ2v) is 11.1. The molecule has 200 valence electrons. The van der Waals surface area contributed by atoms with Crippen LogP contribution in [-0.4, -0.2) is 97.4 Å². The number of rotatable bonds is 9. The maximum Gasteiger partial charge on any atom is 0.253 e. The van der Waals surface area contributed by atoms with Gasteiger partial charge in [-0.25, -0.2) is 0 Å². The Hall–Kier alpha value is -2.70. The van der Waals surface area contributed by atoms with E-state index in [1.54, 1.807) is 4.90 Å². The van der Waals surface area contributed by atoms with Crippen LogP contribution in [0.1, 0.15) is 60.4 Å². The predicted octanol–water partition coefficient (Wildman–Crippen LogP) is 4.34. The van der Waals surface area contributed by atoms with Gasteiger partial charge < -0.3 is 14.7 Å². The van der Waals surface area contributed by atoms with Crippen LogP contribution in [0.5, 0.6) is 0 Å². The molecule has 4 rings (SSSR count). The number of benzene rings is 2. The minimum absolute atomic E-state index is 0.0630. The van der Waals surface area contributed by atoms with Crippen molar-refractivity contribution in [3.8, 4) is 0 Å². The fourth-order valence-corrected chi connectivity index (χ4v) is 6.19. The van der Waals surface area contributed by atoms with Crippen LogP contribution in [0.15, 0.2) is 60.7 Å². The van der Waals surface area contributed by atoms with E-state index < -0.39 is 0 Å². The summed E-state index contributed by atoms with van der Waals surface area (Å²) in [6.45, 7) is 5.61. The molecule has 0 bridgehead atoms. The Labute approximate surface area is 223 Å². The van der Waals surface area contributed by atoms with E-state index in [2.05, 4.69) is 34.1 Å². The molecule has 0 N–H and O–H groups in total. The first-order chi connectivity index (χ1) is 17.9. The fraction of sp³-hybridized carbons (Fsp3) is 0.548. The van der Waals surface area contributed by atoms with Crippen molar-refractivity contribution >= 4 is 11.8 Å². The third-order valence-corrected chi connectivity index (χ3v) is 8.38. The summed E-state index contributed by atoms with van der Waals surface area (Å²) in [5.41, 5.74) is 1.66. The van der Waals surface area contributed by atoms with Gasteiger partial charge in [0.15, 0.2) is 0 Å². The molecule has 2 aliphatic rings. The van der Waals surface area contributed by atoms with E-state index in [9.17, 15) is 9.59 Å². The van der Waals surface area contributed by atoms with Crippen molar-refractivity contribution in [1.29, 1.82) is 0 Å². The first kappa shape index (κ1) is 27.3. The number of hydrogen-bond acceptors (Lipinski definition) is 4. The maximum atomic E-state index is 13.4. The summed E-state index contributed by atoms with van der Waals surface area (Å²) in [5, 5.41) is 0.